The number of rotatable bonds is 8. The van der Waals surface area contributed by atoms with E-state index < -0.39 is 10.0 Å². The molecule has 0 atom stereocenters. The highest BCUT2D eigenvalue weighted by Gasteiger charge is 2.35. The van der Waals surface area contributed by atoms with Crippen molar-refractivity contribution in [3.63, 3.8) is 0 Å². The van der Waals surface area contributed by atoms with Crippen LogP contribution in [-0.4, -0.2) is 29.8 Å². The second-order valence-electron chi connectivity index (χ2n) is 8.06. The zero-order chi connectivity index (χ0) is 19.7. The minimum Gasteiger partial charge on any atom is -0.347 e. The van der Waals surface area contributed by atoms with E-state index in [0.29, 0.717) is 18.9 Å². The van der Waals surface area contributed by atoms with Crippen LogP contribution in [0.1, 0.15) is 32.3 Å². The van der Waals surface area contributed by atoms with Crippen LogP contribution in [0.2, 0.25) is 0 Å². The SMILES string of the molecule is CC(C)Cn1cc(CCNS(=O)(=O)C2CC2)c2ccc(-c3ccncc3)cc21. The molecule has 0 radical (unpaired) electrons. The van der Waals surface area contributed by atoms with Crippen LogP contribution in [0.15, 0.2) is 48.9 Å². The fourth-order valence-corrected chi connectivity index (χ4v) is 5.04. The molecule has 0 bridgehead atoms. The van der Waals surface area contributed by atoms with Gasteiger partial charge in [-0.3, -0.25) is 4.98 Å². The third-order valence-corrected chi connectivity index (χ3v) is 7.16. The van der Waals surface area contributed by atoms with E-state index in [-0.39, 0.29) is 5.25 Å². The highest BCUT2D eigenvalue weighted by Crippen LogP contribution is 2.29. The van der Waals surface area contributed by atoms with Crippen LogP contribution in [0.4, 0.5) is 0 Å². The first-order valence-corrected chi connectivity index (χ1v) is 11.5. The molecule has 6 heteroatoms. The second-order valence-corrected chi connectivity index (χ2v) is 10.1. The molecule has 1 aromatic carbocycles. The van der Waals surface area contributed by atoms with Crippen LogP contribution in [0.25, 0.3) is 22.0 Å². The lowest BCUT2D eigenvalue weighted by molar-refractivity contribution is 0.534. The third kappa shape index (κ3) is 4.13. The van der Waals surface area contributed by atoms with Crippen molar-refractivity contribution in [3.05, 3.63) is 54.5 Å². The van der Waals surface area contributed by atoms with E-state index in [1.165, 1.54) is 22.0 Å². The average Bonchev–Trinajstić information content (AvgIpc) is 3.48. The van der Waals surface area contributed by atoms with Gasteiger partial charge < -0.3 is 4.57 Å². The number of hydrogen-bond acceptors (Lipinski definition) is 3. The van der Waals surface area contributed by atoms with E-state index in [4.69, 9.17) is 0 Å². The van der Waals surface area contributed by atoms with Crippen molar-refractivity contribution in [2.24, 2.45) is 5.92 Å². The van der Waals surface area contributed by atoms with Gasteiger partial charge >= 0.3 is 0 Å². The van der Waals surface area contributed by atoms with E-state index in [1.807, 2.05) is 24.5 Å². The molecule has 0 spiro atoms. The van der Waals surface area contributed by atoms with Gasteiger partial charge in [-0.25, -0.2) is 13.1 Å². The predicted molar refractivity (Wildman–Crippen MR) is 114 cm³/mol. The van der Waals surface area contributed by atoms with Gasteiger partial charge in [-0.1, -0.05) is 26.0 Å². The molecule has 0 aliphatic heterocycles. The summed E-state index contributed by atoms with van der Waals surface area (Å²) in [6.07, 6.45) is 8.09. The maximum atomic E-state index is 12.1. The summed E-state index contributed by atoms with van der Waals surface area (Å²) in [6, 6.07) is 10.6. The number of nitrogens with zero attached hydrogens (tertiary/aromatic N) is 2. The molecule has 2 aromatic heterocycles. The van der Waals surface area contributed by atoms with Crippen molar-refractivity contribution >= 4 is 20.9 Å². The van der Waals surface area contributed by atoms with Crippen LogP contribution in [0, 0.1) is 5.92 Å². The summed E-state index contributed by atoms with van der Waals surface area (Å²) in [5.41, 5.74) is 4.70. The van der Waals surface area contributed by atoms with E-state index in [0.717, 1.165) is 24.9 Å². The first kappa shape index (κ1) is 19.2. The quantitative estimate of drug-likeness (QED) is 0.625. The zero-order valence-electron chi connectivity index (χ0n) is 16.4. The summed E-state index contributed by atoms with van der Waals surface area (Å²) in [5.74, 6) is 0.529. The van der Waals surface area contributed by atoms with E-state index >= 15 is 0 Å². The van der Waals surface area contributed by atoms with E-state index in [2.05, 4.69) is 52.5 Å². The Morgan fingerprint density at radius 1 is 1.14 bits per heavy atom. The standard InChI is InChI=1S/C22H27N3O2S/c1-16(2)14-25-15-19(9-12-24-28(26,27)20-4-5-20)21-6-3-18(13-22(21)25)17-7-10-23-11-8-17/h3,6-8,10-11,13,15-16,20,24H,4-5,9,12,14H2,1-2H3. The van der Waals surface area contributed by atoms with Gasteiger partial charge in [0, 0.05) is 42.6 Å². The number of hydrogen-bond donors (Lipinski definition) is 1. The van der Waals surface area contributed by atoms with Crippen molar-refractivity contribution < 1.29 is 8.42 Å². The fraction of sp³-hybridized carbons (Fsp3) is 0.409. The Morgan fingerprint density at radius 2 is 1.89 bits per heavy atom. The minimum atomic E-state index is -3.13. The normalized spacial score (nSPS) is 14.8. The molecule has 0 unspecified atom stereocenters. The second kappa shape index (κ2) is 7.68. The third-order valence-electron chi connectivity index (χ3n) is 5.20. The van der Waals surface area contributed by atoms with Crippen molar-refractivity contribution in [1.82, 2.24) is 14.3 Å². The highest BCUT2D eigenvalue weighted by molar-refractivity contribution is 7.90. The van der Waals surface area contributed by atoms with E-state index in [1.54, 1.807) is 0 Å². The summed E-state index contributed by atoms with van der Waals surface area (Å²) in [7, 11) is -3.13. The number of fused-ring (bicyclic) bond motifs is 1. The summed E-state index contributed by atoms with van der Waals surface area (Å²) < 4.78 is 29.2. The Hall–Kier alpha value is -2.18. The Kier molecular flexibility index (Phi) is 5.25. The molecule has 4 rings (SSSR count). The monoisotopic (exact) mass is 397 g/mol. The first-order valence-electron chi connectivity index (χ1n) is 9.94. The van der Waals surface area contributed by atoms with Crippen LogP contribution in [-0.2, 0) is 23.0 Å². The summed E-state index contributed by atoms with van der Waals surface area (Å²) in [6.45, 7) is 5.81. The van der Waals surface area contributed by atoms with Gasteiger partial charge in [-0.05, 0) is 60.1 Å². The molecule has 148 valence electrons. The molecule has 0 saturated heterocycles. The summed E-state index contributed by atoms with van der Waals surface area (Å²) in [5, 5.41) is 1.03. The van der Waals surface area contributed by atoms with Crippen LogP contribution < -0.4 is 4.72 Å². The molecular formula is C22H27N3O2S. The van der Waals surface area contributed by atoms with Crippen LogP contribution >= 0.6 is 0 Å². The molecule has 1 saturated carbocycles. The van der Waals surface area contributed by atoms with Gasteiger partial charge in [0.25, 0.3) is 0 Å². The molecule has 5 nitrogen and oxygen atoms in total. The fourth-order valence-electron chi connectivity index (χ4n) is 3.66. The van der Waals surface area contributed by atoms with Crippen molar-refractivity contribution in [2.75, 3.05) is 6.54 Å². The molecule has 1 aliphatic carbocycles. The molecule has 1 fully saturated rings. The number of benzene rings is 1. The first-order chi connectivity index (χ1) is 13.4. The number of sulfonamides is 1. The lowest BCUT2D eigenvalue weighted by Gasteiger charge is -2.09. The Bertz CT molecular complexity index is 1070. The van der Waals surface area contributed by atoms with Crippen molar-refractivity contribution in [3.8, 4) is 11.1 Å². The average molecular weight is 398 g/mol. The molecular weight excluding hydrogens is 370 g/mol. The smallest absolute Gasteiger partial charge is 0.214 e. The largest absolute Gasteiger partial charge is 0.347 e. The number of pyridine rings is 1. The maximum absolute atomic E-state index is 12.1. The number of nitrogens with one attached hydrogen (secondary N) is 1. The van der Waals surface area contributed by atoms with Crippen molar-refractivity contribution in [2.45, 2.75) is 44.9 Å². The van der Waals surface area contributed by atoms with Crippen LogP contribution in [0.3, 0.4) is 0 Å². The van der Waals surface area contributed by atoms with Gasteiger partial charge in [0.15, 0.2) is 0 Å². The van der Waals surface area contributed by atoms with Gasteiger partial charge in [-0.2, -0.15) is 0 Å². The summed E-state index contributed by atoms with van der Waals surface area (Å²) >= 11 is 0. The number of aromatic nitrogens is 2. The molecule has 1 aliphatic rings. The van der Waals surface area contributed by atoms with E-state index in [9.17, 15) is 8.42 Å². The van der Waals surface area contributed by atoms with Crippen LogP contribution in [0.5, 0.6) is 0 Å². The minimum absolute atomic E-state index is 0.169. The topological polar surface area (TPSA) is 64.0 Å². The van der Waals surface area contributed by atoms with Gasteiger partial charge in [0.2, 0.25) is 10.0 Å². The molecule has 0 amide bonds. The summed E-state index contributed by atoms with van der Waals surface area (Å²) in [4.78, 5) is 4.10. The molecule has 2 heterocycles. The molecule has 3 aromatic rings. The Morgan fingerprint density at radius 3 is 2.57 bits per heavy atom. The Labute approximate surface area is 166 Å². The molecule has 28 heavy (non-hydrogen) atoms. The van der Waals surface area contributed by atoms with Gasteiger partial charge in [0.05, 0.1) is 5.25 Å². The van der Waals surface area contributed by atoms with Crippen molar-refractivity contribution in [1.29, 1.82) is 0 Å². The zero-order valence-corrected chi connectivity index (χ0v) is 17.2. The lowest BCUT2D eigenvalue weighted by Crippen LogP contribution is -2.29. The Balaban J connectivity index is 1.63. The molecule has 1 N–H and O–H groups in total. The van der Waals surface area contributed by atoms with Gasteiger partial charge in [0.1, 0.15) is 0 Å². The lowest BCUT2D eigenvalue weighted by atomic mass is 10.0. The predicted octanol–water partition coefficient (Wildman–Crippen LogP) is 3.98. The highest BCUT2D eigenvalue weighted by atomic mass is 32.2. The maximum Gasteiger partial charge on any atom is 0.214 e. The van der Waals surface area contributed by atoms with Gasteiger partial charge in [-0.15, -0.1) is 0 Å².